The van der Waals surface area contributed by atoms with Crippen molar-refractivity contribution in [3.05, 3.63) is 69.8 Å². The van der Waals surface area contributed by atoms with Crippen molar-refractivity contribution in [1.82, 2.24) is 29.7 Å². The van der Waals surface area contributed by atoms with Crippen molar-refractivity contribution in [3.63, 3.8) is 0 Å². The lowest BCUT2D eigenvalue weighted by Crippen LogP contribution is -2.55. The first-order chi connectivity index (χ1) is 27.4. The van der Waals surface area contributed by atoms with Crippen molar-refractivity contribution in [2.45, 2.75) is 57.3 Å². The fourth-order valence-corrected chi connectivity index (χ4v) is 9.81. The molecule has 57 heavy (non-hydrogen) atoms. The number of nitrogens with two attached hydrogens (primary N) is 1. The maximum absolute atomic E-state index is 17.2. The summed E-state index contributed by atoms with van der Waals surface area (Å²) in [6, 6.07) is 9.27. The van der Waals surface area contributed by atoms with Gasteiger partial charge in [-0.25, -0.2) is 23.1 Å². The van der Waals surface area contributed by atoms with E-state index in [-0.39, 0.29) is 98.1 Å². The molecule has 3 aliphatic heterocycles. The summed E-state index contributed by atoms with van der Waals surface area (Å²) in [6.45, 7) is 5.35. The second-order valence-electron chi connectivity index (χ2n) is 14.7. The number of aromatic nitrogens is 4. The molecule has 8 rings (SSSR count). The van der Waals surface area contributed by atoms with E-state index in [9.17, 15) is 19.7 Å². The quantitative estimate of drug-likeness (QED) is 0.162. The first-order valence-corrected chi connectivity index (χ1v) is 19.6. The lowest BCUT2D eigenvalue weighted by Gasteiger charge is -2.41. The minimum absolute atomic E-state index is 0.00174. The van der Waals surface area contributed by atoms with Crippen LogP contribution in [-0.4, -0.2) is 92.7 Å². The molecule has 6 heterocycles. The van der Waals surface area contributed by atoms with E-state index in [1.807, 2.05) is 17.9 Å². The van der Waals surface area contributed by atoms with E-state index in [1.165, 1.54) is 24.3 Å². The molecule has 2 N–H and O–H groups in total. The molecule has 292 valence electrons. The molecule has 0 spiro atoms. The highest BCUT2D eigenvalue weighted by Crippen LogP contribution is 2.46. The van der Waals surface area contributed by atoms with Crippen molar-refractivity contribution in [2.24, 2.45) is 0 Å². The van der Waals surface area contributed by atoms with Gasteiger partial charge in [-0.15, -0.1) is 11.3 Å². The number of nitrogens with zero attached hydrogens (tertiary/aromatic N) is 9. The number of halogens is 4. The third kappa shape index (κ3) is 6.96. The number of aryl methyl sites for hydroxylation is 2. The van der Waals surface area contributed by atoms with Gasteiger partial charge in [0.25, 0.3) is 0 Å². The lowest BCUT2D eigenvalue weighted by atomic mass is 9.95. The zero-order valence-electron chi connectivity index (χ0n) is 31.0. The van der Waals surface area contributed by atoms with Crippen molar-refractivity contribution in [2.75, 3.05) is 50.0 Å². The highest BCUT2D eigenvalue weighted by atomic mass is 35.5. The Kier molecular flexibility index (Phi) is 10.1. The van der Waals surface area contributed by atoms with E-state index in [2.05, 4.69) is 25.9 Å². The van der Waals surface area contributed by atoms with Crippen LogP contribution in [0.3, 0.4) is 0 Å². The zero-order valence-corrected chi connectivity index (χ0v) is 32.6. The minimum Gasteiger partial charge on any atom is -0.461 e. The summed E-state index contributed by atoms with van der Waals surface area (Å²) in [7, 11) is 0. The number of benzene rings is 2. The van der Waals surface area contributed by atoms with E-state index in [1.54, 1.807) is 24.0 Å². The lowest BCUT2D eigenvalue weighted by molar-refractivity contribution is -0.128. The molecule has 2 aromatic carbocycles. The van der Waals surface area contributed by atoms with E-state index in [0.29, 0.717) is 24.5 Å². The zero-order chi connectivity index (χ0) is 40.2. The van der Waals surface area contributed by atoms with Crippen molar-refractivity contribution < 1.29 is 22.7 Å². The van der Waals surface area contributed by atoms with Crippen molar-refractivity contribution in [1.29, 1.82) is 10.5 Å². The number of rotatable bonds is 8. The summed E-state index contributed by atoms with van der Waals surface area (Å²) >= 11 is 7.79. The van der Waals surface area contributed by atoms with Crippen LogP contribution in [0.4, 0.5) is 24.0 Å². The van der Waals surface area contributed by atoms with Crippen LogP contribution in [0.2, 0.25) is 5.02 Å². The SMILES string of the molecule is Cc1cc(/C=C/C(=O)N2CCN(c3nc(OC[C@@]45CCCN4C[C@H](F)C5)nc4c(F)c(-c5ccc(F)c6sc(N)c(C#N)c56)c(Cl)cc34)CC2CC#N)nc(C)n1. The molecule has 1 amide bonds. The predicted molar refractivity (Wildman–Crippen MR) is 211 cm³/mol. The van der Waals surface area contributed by atoms with Crippen molar-refractivity contribution in [3.8, 4) is 29.3 Å². The van der Waals surface area contributed by atoms with Crippen LogP contribution >= 0.6 is 22.9 Å². The number of nitrogen functional groups attached to an aromatic ring is 1. The van der Waals surface area contributed by atoms with Gasteiger partial charge in [0, 0.05) is 60.7 Å². The normalized spacial score (nSPS) is 21.1. The molecule has 3 fully saturated rings. The van der Waals surface area contributed by atoms with Crippen molar-refractivity contribution >= 4 is 66.7 Å². The molecule has 0 radical (unpaired) electrons. The van der Waals surface area contributed by atoms with Gasteiger partial charge in [0.05, 0.1) is 45.1 Å². The number of thiophene rings is 1. The molecular weight excluding hydrogens is 777 g/mol. The predicted octanol–water partition coefficient (Wildman–Crippen LogP) is 6.90. The van der Waals surface area contributed by atoms with Crippen LogP contribution in [0.15, 0.2) is 30.3 Å². The van der Waals surface area contributed by atoms with Gasteiger partial charge in [0.2, 0.25) is 5.91 Å². The molecule has 12 nitrogen and oxygen atoms in total. The number of alkyl halides is 1. The maximum Gasteiger partial charge on any atom is 0.319 e. The van der Waals surface area contributed by atoms with Crippen LogP contribution < -0.4 is 15.4 Å². The van der Waals surface area contributed by atoms with Crippen LogP contribution in [0.1, 0.15) is 48.5 Å². The molecule has 3 aromatic heterocycles. The summed E-state index contributed by atoms with van der Waals surface area (Å²) < 4.78 is 53.3. The highest BCUT2D eigenvalue weighted by Gasteiger charge is 2.49. The van der Waals surface area contributed by atoms with Gasteiger partial charge in [-0.2, -0.15) is 20.5 Å². The number of fused-ring (bicyclic) bond motifs is 3. The van der Waals surface area contributed by atoms with Crippen LogP contribution in [0.5, 0.6) is 6.01 Å². The second kappa shape index (κ2) is 15.1. The average Bonchev–Trinajstić information content (AvgIpc) is 3.82. The van der Waals surface area contributed by atoms with Gasteiger partial charge >= 0.3 is 6.01 Å². The molecule has 3 saturated heterocycles. The number of piperazine rings is 1. The molecule has 17 heteroatoms. The van der Waals surface area contributed by atoms with E-state index in [4.69, 9.17) is 27.1 Å². The molecule has 0 bridgehead atoms. The Labute approximate surface area is 334 Å². The first kappa shape index (κ1) is 38.3. The third-order valence-corrected chi connectivity index (χ3v) is 12.4. The first-order valence-electron chi connectivity index (χ1n) is 18.4. The summed E-state index contributed by atoms with van der Waals surface area (Å²) in [4.78, 5) is 37.1. The molecule has 5 aromatic rings. The number of hydrogen-bond donors (Lipinski definition) is 1. The Morgan fingerprint density at radius 2 is 1.96 bits per heavy atom. The van der Waals surface area contributed by atoms with Gasteiger partial charge in [0.15, 0.2) is 5.82 Å². The molecule has 1 unspecified atom stereocenters. The van der Waals surface area contributed by atoms with Crippen LogP contribution in [0, 0.1) is 48.1 Å². The largest absolute Gasteiger partial charge is 0.461 e. The minimum atomic E-state index is -0.999. The number of anilines is 2. The van der Waals surface area contributed by atoms with E-state index < -0.39 is 29.4 Å². The van der Waals surface area contributed by atoms with Gasteiger partial charge in [-0.05, 0) is 63.1 Å². The fraction of sp³-hybridized carbons (Fsp3) is 0.375. The Bertz CT molecular complexity index is 2550. The summed E-state index contributed by atoms with van der Waals surface area (Å²) in [5, 5.41) is 20.2. The standard InChI is InChI=1S/C40H36ClF3N10O2S/c1-21-14-24(49-22(2)48-21)4-7-31(55)54-13-12-52(19-25(54)8-10-45)38-27-15-29(41)33(26-5-6-30(43)36-32(26)28(17-46)37(47)57-36)34(44)35(27)50-39(51-38)56-20-40-9-3-11-53(40)18-23(42)16-40/h4-7,14-15,23,25H,3,8-9,11-13,16,18-20,47H2,1-2H3/b7-4+/t23-,25?,40+/m1/s1. The van der Waals surface area contributed by atoms with E-state index in [0.717, 1.165) is 36.4 Å². The summed E-state index contributed by atoms with van der Waals surface area (Å²) in [6.07, 6.45) is 3.95. The molecule has 3 atom stereocenters. The monoisotopic (exact) mass is 812 g/mol. The second-order valence-corrected chi connectivity index (χ2v) is 16.2. The van der Waals surface area contributed by atoms with Crippen LogP contribution in [-0.2, 0) is 4.79 Å². The third-order valence-electron chi connectivity index (χ3n) is 11.0. The number of carbonyl (C=O) groups is 1. The fourth-order valence-electron chi connectivity index (χ4n) is 8.57. The number of nitriles is 2. The average molecular weight is 813 g/mol. The smallest absolute Gasteiger partial charge is 0.319 e. The number of carbonyl (C=O) groups excluding carboxylic acids is 1. The maximum atomic E-state index is 17.2. The van der Waals surface area contributed by atoms with Gasteiger partial charge in [-0.3, -0.25) is 9.69 Å². The van der Waals surface area contributed by atoms with Gasteiger partial charge < -0.3 is 20.3 Å². The number of amides is 1. The Morgan fingerprint density at radius 3 is 2.74 bits per heavy atom. The summed E-state index contributed by atoms with van der Waals surface area (Å²) in [5.41, 5.74) is 6.78. The van der Waals surface area contributed by atoms with E-state index >= 15 is 8.78 Å². The molecule has 3 aliphatic rings. The van der Waals surface area contributed by atoms with Gasteiger partial charge in [-0.1, -0.05) is 17.7 Å². The topological polar surface area (TPSA) is 161 Å². The molecule has 0 saturated carbocycles. The Balaban J connectivity index is 1.20. The number of hydrogen-bond acceptors (Lipinski definition) is 12. The highest BCUT2D eigenvalue weighted by molar-refractivity contribution is 7.23. The number of ether oxygens (including phenoxy) is 1. The Morgan fingerprint density at radius 1 is 1.14 bits per heavy atom. The summed E-state index contributed by atoms with van der Waals surface area (Å²) in [5.74, 6) is -0.950. The van der Waals surface area contributed by atoms with Gasteiger partial charge in [0.1, 0.15) is 46.8 Å². The Hall–Kier alpha value is -5.55. The molecular formula is C40H36ClF3N10O2S. The van der Waals surface area contributed by atoms with Crippen LogP contribution in [0.25, 0.3) is 38.2 Å². The molecule has 0 aliphatic carbocycles.